The van der Waals surface area contributed by atoms with Crippen molar-refractivity contribution in [3.8, 4) is 0 Å². The molecule has 21 heavy (non-hydrogen) atoms. The number of hydrogen-bond donors (Lipinski definition) is 1. The Bertz CT molecular complexity index is 603. The SMILES string of the molecule is CCN(CC)c1ccc(/C=N\NC(=O)c2cccnc2)o1. The lowest BCUT2D eigenvalue weighted by atomic mass is 10.3. The van der Waals surface area contributed by atoms with Crippen LogP contribution in [-0.2, 0) is 0 Å². The van der Waals surface area contributed by atoms with E-state index in [1.165, 1.54) is 12.4 Å². The number of nitrogens with one attached hydrogen (secondary N) is 1. The molecule has 0 atom stereocenters. The predicted molar refractivity (Wildman–Crippen MR) is 81.6 cm³/mol. The van der Waals surface area contributed by atoms with Crippen LogP contribution in [0.2, 0.25) is 0 Å². The molecular formula is C15H18N4O2. The molecule has 2 aromatic rings. The van der Waals surface area contributed by atoms with Gasteiger partial charge in [-0.1, -0.05) is 0 Å². The number of anilines is 1. The van der Waals surface area contributed by atoms with E-state index in [4.69, 9.17) is 4.42 Å². The Kier molecular flexibility index (Phi) is 5.09. The second-order valence-electron chi connectivity index (χ2n) is 4.29. The summed E-state index contributed by atoms with van der Waals surface area (Å²) >= 11 is 0. The second-order valence-corrected chi connectivity index (χ2v) is 4.29. The molecule has 0 saturated heterocycles. The minimum atomic E-state index is -0.310. The Hall–Kier alpha value is -2.63. The second kappa shape index (κ2) is 7.23. The molecular weight excluding hydrogens is 268 g/mol. The number of aromatic nitrogens is 1. The summed E-state index contributed by atoms with van der Waals surface area (Å²) in [6.45, 7) is 5.87. The molecule has 2 aromatic heterocycles. The number of pyridine rings is 1. The van der Waals surface area contributed by atoms with Gasteiger partial charge in [-0.05, 0) is 32.0 Å². The lowest BCUT2D eigenvalue weighted by molar-refractivity contribution is 0.0955. The number of furan rings is 1. The Morgan fingerprint density at radius 3 is 2.86 bits per heavy atom. The zero-order valence-corrected chi connectivity index (χ0v) is 12.1. The van der Waals surface area contributed by atoms with Gasteiger partial charge in [-0.3, -0.25) is 9.78 Å². The Morgan fingerprint density at radius 1 is 1.38 bits per heavy atom. The topological polar surface area (TPSA) is 70.7 Å². The molecule has 0 spiro atoms. The first-order valence-electron chi connectivity index (χ1n) is 6.82. The number of amides is 1. The molecule has 1 amide bonds. The molecule has 0 fully saturated rings. The van der Waals surface area contributed by atoms with Crippen molar-refractivity contribution >= 4 is 18.0 Å². The van der Waals surface area contributed by atoms with E-state index in [2.05, 4.69) is 34.3 Å². The van der Waals surface area contributed by atoms with Gasteiger partial charge in [0.05, 0.1) is 11.8 Å². The first-order valence-corrected chi connectivity index (χ1v) is 6.82. The van der Waals surface area contributed by atoms with Crippen LogP contribution in [0, 0.1) is 0 Å². The molecule has 0 aliphatic rings. The van der Waals surface area contributed by atoms with Gasteiger partial charge in [-0.2, -0.15) is 5.10 Å². The first kappa shape index (κ1) is 14.8. The van der Waals surface area contributed by atoms with Gasteiger partial charge in [0.2, 0.25) is 0 Å². The van der Waals surface area contributed by atoms with Crippen molar-refractivity contribution in [2.45, 2.75) is 13.8 Å². The third kappa shape index (κ3) is 3.92. The molecule has 0 bridgehead atoms. The fourth-order valence-corrected chi connectivity index (χ4v) is 1.83. The molecule has 6 heteroatoms. The van der Waals surface area contributed by atoms with Gasteiger partial charge < -0.3 is 9.32 Å². The molecule has 0 aromatic carbocycles. The Labute approximate surface area is 123 Å². The molecule has 0 aliphatic carbocycles. The highest BCUT2D eigenvalue weighted by molar-refractivity contribution is 5.94. The molecule has 2 heterocycles. The number of hydrogen-bond acceptors (Lipinski definition) is 5. The van der Waals surface area contributed by atoms with E-state index in [0.717, 1.165) is 19.0 Å². The summed E-state index contributed by atoms with van der Waals surface area (Å²) < 4.78 is 5.63. The minimum absolute atomic E-state index is 0.310. The molecule has 0 radical (unpaired) electrons. The van der Waals surface area contributed by atoms with Crippen LogP contribution in [0.15, 0.2) is 46.2 Å². The molecule has 110 valence electrons. The molecule has 2 rings (SSSR count). The van der Waals surface area contributed by atoms with Crippen LogP contribution in [0.3, 0.4) is 0 Å². The maximum absolute atomic E-state index is 11.7. The Balaban J connectivity index is 1.94. The molecule has 0 unspecified atom stereocenters. The summed E-state index contributed by atoms with van der Waals surface area (Å²) in [6, 6.07) is 7.06. The predicted octanol–water partition coefficient (Wildman–Crippen LogP) is 2.28. The number of nitrogens with zero attached hydrogens (tertiary/aromatic N) is 3. The lowest BCUT2D eigenvalue weighted by Gasteiger charge is -2.16. The smallest absolute Gasteiger partial charge is 0.272 e. The van der Waals surface area contributed by atoms with Crippen molar-refractivity contribution in [2.75, 3.05) is 18.0 Å². The van der Waals surface area contributed by atoms with E-state index in [9.17, 15) is 4.79 Å². The van der Waals surface area contributed by atoms with Crippen LogP contribution >= 0.6 is 0 Å². The minimum Gasteiger partial charge on any atom is -0.440 e. The van der Waals surface area contributed by atoms with Crippen LogP contribution in [0.25, 0.3) is 0 Å². The maximum atomic E-state index is 11.7. The summed E-state index contributed by atoms with van der Waals surface area (Å²) in [5.41, 5.74) is 2.89. The summed E-state index contributed by atoms with van der Waals surface area (Å²) in [5.74, 6) is 1.07. The van der Waals surface area contributed by atoms with E-state index < -0.39 is 0 Å². The van der Waals surface area contributed by atoms with Crippen molar-refractivity contribution in [2.24, 2.45) is 5.10 Å². The van der Waals surface area contributed by atoms with E-state index in [1.807, 2.05) is 12.1 Å². The number of carbonyl (C=O) groups is 1. The van der Waals surface area contributed by atoms with Crippen molar-refractivity contribution in [3.63, 3.8) is 0 Å². The van der Waals surface area contributed by atoms with E-state index >= 15 is 0 Å². The summed E-state index contributed by atoms with van der Waals surface area (Å²) in [4.78, 5) is 17.7. The molecule has 0 aliphatic heterocycles. The normalized spacial score (nSPS) is 10.8. The fourth-order valence-electron chi connectivity index (χ4n) is 1.83. The highest BCUT2D eigenvalue weighted by Gasteiger charge is 2.06. The van der Waals surface area contributed by atoms with Gasteiger partial charge >= 0.3 is 0 Å². The fraction of sp³-hybridized carbons (Fsp3) is 0.267. The van der Waals surface area contributed by atoms with Crippen LogP contribution in [-0.4, -0.2) is 30.2 Å². The lowest BCUT2D eigenvalue weighted by Crippen LogP contribution is -2.20. The van der Waals surface area contributed by atoms with Gasteiger partial charge in [-0.25, -0.2) is 5.43 Å². The maximum Gasteiger partial charge on any atom is 0.272 e. The van der Waals surface area contributed by atoms with Gasteiger partial charge in [0.1, 0.15) is 5.76 Å². The van der Waals surface area contributed by atoms with Crippen molar-refractivity contribution < 1.29 is 9.21 Å². The van der Waals surface area contributed by atoms with Crippen LogP contribution < -0.4 is 10.3 Å². The van der Waals surface area contributed by atoms with Crippen molar-refractivity contribution in [1.29, 1.82) is 0 Å². The quantitative estimate of drug-likeness (QED) is 0.653. The molecule has 6 nitrogen and oxygen atoms in total. The zero-order chi connectivity index (χ0) is 15.1. The summed E-state index contributed by atoms with van der Waals surface area (Å²) in [7, 11) is 0. The number of hydrazone groups is 1. The standard InChI is InChI=1S/C15H18N4O2/c1-3-19(4-2)14-8-7-13(21-14)11-17-18-15(20)12-6-5-9-16-10-12/h5-11H,3-4H2,1-2H3,(H,18,20)/b17-11-. The van der Waals surface area contributed by atoms with E-state index in [0.29, 0.717) is 11.3 Å². The van der Waals surface area contributed by atoms with Crippen LogP contribution in [0.4, 0.5) is 5.88 Å². The van der Waals surface area contributed by atoms with E-state index in [1.54, 1.807) is 18.3 Å². The van der Waals surface area contributed by atoms with Crippen molar-refractivity contribution in [1.82, 2.24) is 10.4 Å². The van der Waals surface area contributed by atoms with Crippen molar-refractivity contribution in [3.05, 3.63) is 48.0 Å². The average Bonchev–Trinajstić information content (AvgIpc) is 2.98. The van der Waals surface area contributed by atoms with Crippen LogP contribution in [0.1, 0.15) is 30.0 Å². The Morgan fingerprint density at radius 2 is 2.19 bits per heavy atom. The molecule has 1 N–H and O–H groups in total. The highest BCUT2D eigenvalue weighted by atomic mass is 16.4. The largest absolute Gasteiger partial charge is 0.440 e. The van der Waals surface area contributed by atoms with Gasteiger partial charge in [0, 0.05) is 31.5 Å². The molecule has 0 saturated carbocycles. The zero-order valence-electron chi connectivity index (χ0n) is 12.1. The monoisotopic (exact) mass is 286 g/mol. The highest BCUT2D eigenvalue weighted by Crippen LogP contribution is 2.16. The average molecular weight is 286 g/mol. The first-order chi connectivity index (χ1) is 10.2. The van der Waals surface area contributed by atoms with Crippen LogP contribution in [0.5, 0.6) is 0 Å². The third-order valence-corrected chi connectivity index (χ3v) is 2.97. The van der Waals surface area contributed by atoms with E-state index in [-0.39, 0.29) is 5.91 Å². The summed E-state index contributed by atoms with van der Waals surface area (Å²) in [5, 5.41) is 3.88. The third-order valence-electron chi connectivity index (χ3n) is 2.97. The summed E-state index contributed by atoms with van der Waals surface area (Å²) in [6.07, 6.45) is 4.56. The van der Waals surface area contributed by atoms with Gasteiger partial charge in [-0.15, -0.1) is 0 Å². The van der Waals surface area contributed by atoms with Gasteiger partial charge in [0.15, 0.2) is 5.88 Å². The number of carbonyl (C=O) groups excluding carboxylic acids is 1. The van der Waals surface area contributed by atoms with Gasteiger partial charge in [0.25, 0.3) is 5.91 Å². The number of rotatable bonds is 6.